The number of aromatic nitrogens is 1. The Labute approximate surface area is 155 Å². The van der Waals surface area contributed by atoms with Gasteiger partial charge in [-0.15, -0.1) is 0 Å². The molecule has 1 aliphatic rings. The summed E-state index contributed by atoms with van der Waals surface area (Å²) in [5, 5.41) is 2.19. The highest BCUT2D eigenvalue weighted by Crippen LogP contribution is 2.37. The maximum absolute atomic E-state index is 12.9. The van der Waals surface area contributed by atoms with Crippen LogP contribution < -0.4 is 0 Å². The van der Waals surface area contributed by atoms with Crippen LogP contribution in [0, 0.1) is 5.82 Å². The predicted octanol–water partition coefficient (Wildman–Crippen LogP) is 5.32. The van der Waals surface area contributed by atoms with Crippen molar-refractivity contribution in [3.8, 4) is 0 Å². The number of benzene rings is 1. The summed E-state index contributed by atoms with van der Waals surface area (Å²) in [6.45, 7) is 3.30. The lowest BCUT2D eigenvalue weighted by Crippen LogP contribution is -2.35. The third-order valence-corrected chi connectivity index (χ3v) is 7.19. The number of halogens is 2. The van der Waals surface area contributed by atoms with Crippen molar-refractivity contribution >= 4 is 33.2 Å². The van der Waals surface area contributed by atoms with Gasteiger partial charge in [-0.2, -0.15) is 0 Å². The van der Waals surface area contributed by atoms with Gasteiger partial charge in [0.25, 0.3) is 0 Å². The Kier molecular flexibility index (Phi) is 6.84. The molecule has 1 aliphatic heterocycles. The average molecular weight is 383 g/mol. The normalized spacial score (nSPS) is 16.4. The summed E-state index contributed by atoms with van der Waals surface area (Å²) < 4.78 is 12.9. The minimum atomic E-state index is -0.164. The molecule has 0 spiro atoms. The maximum atomic E-state index is 12.9. The van der Waals surface area contributed by atoms with Crippen LogP contribution in [0.2, 0.25) is 5.15 Å². The van der Waals surface area contributed by atoms with Gasteiger partial charge in [-0.05, 0) is 73.0 Å². The van der Waals surface area contributed by atoms with E-state index in [1.54, 1.807) is 29.0 Å². The summed E-state index contributed by atoms with van der Waals surface area (Å²) in [6.07, 6.45) is 3.38. The molecule has 1 aromatic carbocycles. The zero-order chi connectivity index (χ0) is 16.8. The summed E-state index contributed by atoms with van der Waals surface area (Å²) in [6, 6.07) is 12.6. The van der Waals surface area contributed by atoms with Crippen LogP contribution in [0.1, 0.15) is 18.4 Å². The zero-order valence-corrected chi connectivity index (χ0v) is 15.7. The highest BCUT2D eigenvalue weighted by atomic mass is 35.5. The molecule has 2 nitrogen and oxygen atoms in total. The van der Waals surface area contributed by atoms with Gasteiger partial charge in [-0.25, -0.2) is 9.37 Å². The molecule has 0 amide bonds. The van der Waals surface area contributed by atoms with Gasteiger partial charge in [0.1, 0.15) is 16.0 Å². The van der Waals surface area contributed by atoms with Gasteiger partial charge in [0, 0.05) is 11.8 Å². The SMILES string of the molecule is Fc1ccc(CCN2CCC(SSc3cccc(Cl)n3)CC2)cc1. The Bertz CT molecular complexity index is 646. The fraction of sp³-hybridized carbons (Fsp3) is 0.389. The summed E-state index contributed by atoms with van der Waals surface area (Å²) >= 11 is 5.92. The second kappa shape index (κ2) is 9.09. The van der Waals surface area contributed by atoms with Gasteiger partial charge in [0.05, 0.1) is 0 Å². The molecule has 2 aromatic rings. The van der Waals surface area contributed by atoms with E-state index in [0.29, 0.717) is 10.4 Å². The number of pyridine rings is 1. The second-order valence-electron chi connectivity index (χ2n) is 5.90. The van der Waals surface area contributed by atoms with Crippen molar-refractivity contribution in [3.63, 3.8) is 0 Å². The van der Waals surface area contributed by atoms with Crippen LogP contribution in [0.3, 0.4) is 0 Å². The molecular formula is C18H20ClFN2S2. The number of piperidine rings is 1. The molecule has 0 aliphatic carbocycles. The van der Waals surface area contributed by atoms with E-state index in [9.17, 15) is 4.39 Å². The minimum Gasteiger partial charge on any atom is -0.303 e. The van der Waals surface area contributed by atoms with Crippen molar-refractivity contribution < 1.29 is 4.39 Å². The first-order chi connectivity index (χ1) is 11.7. The largest absolute Gasteiger partial charge is 0.303 e. The van der Waals surface area contributed by atoms with Gasteiger partial charge in [0.2, 0.25) is 0 Å². The molecule has 6 heteroatoms. The molecule has 3 rings (SSSR count). The number of nitrogens with zero attached hydrogens (tertiary/aromatic N) is 2. The molecule has 0 N–H and O–H groups in total. The number of hydrogen-bond acceptors (Lipinski definition) is 4. The van der Waals surface area contributed by atoms with Gasteiger partial charge in [0.15, 0.2) is 0 Å². The molecule has 128 valence electrons. The highest BCUT2D eigenvalue weighted by Gasteiger charge is 2.20. The molecule has 0 radical (unpaired) electrons. The van der Waals surface area contributed by atoms with E-state index in [0.717, 1.165) is 31.1 Å². The Morgan fingerprint density at radius 1 is 1.12 bits per heavy atom. The van der Waals surface area contributed by atoms with Crippen LogP contribution in [0.15, 0.2) is 47.5 Å². The molecule has 1 aromatic heterocycles. The Morgan fingerprint density at radius 3 is 2.58 bits per heavy atom. The van der Waals surface area contributed by atoms with Crippen molar-refractivity contribution in [1.29, 1.82) is 0 Å². The van der Waals surface area contributed by atoms with Crippen LogP contribution in [-0.4, -0.2) is 34.8 Å². The summed E-state index contributed by atoms with van der Waals surface area (Å²) in [4.78, 5) is 6.81. The third kappa shape index (κ3) is 5.66. The van der Waals surface area contributed by atoms with Crippen molar-refractivity contribution in [2.75, 3.05) is 19.6 Å². The second-order valence-corrected chi connectivity index (χ2v) is 8.80. The number of hydrogen-bond donors (Lipinski definition) is 0. The molecule has 0 bridgehead atoms. The van der Waals surface area contributed by atoms with E-state index < -0.39 is 0 Å². The van der Waals surface area contributed by atoms with E-state index in [1.807, 2.05) is 35.1 Å². The van der Waals surface area contributed by atoms with Crippen LogP contribution in [0.25, 0.3) is 0 Å². The van der Waals surface area contributed by atoms with Gasteiger partial charge >= 0.3 is 0 Å². The lowest BCUT2D eigenvalue weighted by atomic mass is 10.1. The first-order valence-electron chi connectivity index (χ1n) is 8.12. The van der Waals surface area contributed by atoms with E-state index in [2.05, 4.69) is 9.88 Å². The molecule has 2 heterocycles. The fourth-order valence-corrected chi connectivity index (χ4v) is 5.40. The Balaban J connectivity index is 1.37. The van der Waals surface area contributed by atoms with Gasteiger partial charge in [-0.1, -0.05) is 40.6 Å². The van der Waals surface area contributed by atoms with Crippen LogP contribution in [0.4, 0.5) is 4.39 Å². The monoisotopic (exact) mass is 382 g/mol. The number of rotatable bonds is 6. The molecule has 0 atom stereocenters. The van der Waals surface area contributed by atoms with Crippen molar-refractivity contribution in [2.24, 2.45) is 0 Å². The minimum absolute atomic E-state index is 0.164. The third-order valence-electron chi connectivity index (χ3n) is 4.12. The van der Waals surface area contributed by atoms with E-state index >= 15 is 0 Å². The van der Waals surface area contributed by atoms with Crippen LogP contribution in [0.5, 0.6) is 0 Å². The molecule has 0 saturated carbocycles. The summed E-state index contributed by atoms with van der Waals surface area (Å²) in [5.41, 5.74) is 1.20. The predicted molar refractivity (Wildman–Crippen MR) is 102 cm³/mol. The quantitative estimate of drug-likeness (QED) is 0.496. The molecule has 0 unspecified atom stereocenters. The molecule has 24 heavy (non-hydrogen) atoms. The summed E-state index contributed by atoms with van der Waals surface area (Å²) in [5.74, 6) is -0.164. The van der Waals surface area contributed by atoms with Crippen molar-refractivity contribution in [1.82, 2.24) is 9.88 Å². The van der Waals surface area contributed by atoms with Crippen LogP contribution in [-0.2, 0) is 6.42 Å². The van der Waals surface area contributed by atoms with Crippen molar-refractivity contribution in [2.45, 2.75) is 29.5 Å². The lowest BCUT2D eigenvalue weighted by Gasteiger charge is -2.31. The van der Waals surface area contributed by atoms with E-state index in [-0.39, 0.29) is 5.82 Å². The first kappa shape index (κ1) is 18.1. The van der Waals surface area contributed by atoms with Gasteiger partial charge in [-0.3, -0.25) is 0 Å². The molecule has 1 saturated heterocycles. The van der Waals surface area contributed by atoms with Crippen LogP contribution >= 0.6 is 33.2 Å². The molecular weight excluding hydrogens is 363 g/mol. The topological polar surface area (TPSA) is 16.1 Å². The first-order valence-corrected chi connectivity index (χ1v) is 10.7. The maximum Gasteiger partial charge on any atom is 0.130 e. The van der Waals surface area contributed by atoms with Gasteiger partial charge < -0.3 is 4.90 Å². The zero-order valence-electron chi connectivity index (χ0n) is 13.3. The fourth-order valence-electron chi connectivity index (χ4n) is 2.72. The Hall–Kier alpha value is -0.750. The van der Waals surface area contributed by atoms with Crippen molar-refractivity contribution in [3.05, 3.63) is 59.0 Å². The molecule has 1 fully saturated rings. The average Bonchev–Trinajstić information content (AvgIpc) is 2.60. The Morgan fingerprint density at radius 2 is 1.88 bits per heavy atom. The van der Waals surface area contributed by atoms with E-state index in [1.165, 1.54) is 18.4 Å². The smallest absolute Gasteiger partial charge is 0.130 e. The standard InChI is InChI=1S/C18H20ClFN2S2/c19-17-2-1-3-18(21-17)24-23-16-9-12-22(13-10-16)11-8-14-4-6-15(20)7-5-14/h1-7,16H,8-13H2. The summed E-state index contributed by atoms with van der Waals surface area (Å²) in [7, 11) is 3.63. The lowest BCUT2D eigenvalue weighted by molar-refractivity contribution is 0.236. The van der Waals surface area contributed by atoms with E-state index in [4.69, 9.17) is 11.6 Å². The number of likely N-dealkylation sites (tertiary alicyclic amines) is 1. The highest BCUT2D eigenvalue weighted by molar-refractivity contribution is 8.76.